The maximum atomic E-state index is 14.6. The monoisotopic (exact) mass is 671 g/mol. The Hall–Kier alpha value is -2.81. The van der Waals surface area contributed by atoms with Crippen molar-refractivity contribution in [3.63, 3.8) is 0 Å². The van der Waals surface area contributed by atoms with Crippen molar-refractivity contribution in [3.8, 4) is 0 Å². The Balaban J connectivity index is 1.44. The lowest BCUT2D eigenvalue weighted by Gasteiger charge is -2.70. The molecule has 6 aliphatic rings. The Labute approximate surface area is 280 Å². The Kier molecular flexibility index (Phi) is 7.97. The molecule has 1 spiro atoms. The number of ether oxygens (including phenoxy) is 5. The number of primary amides is 1. The summed E-state index contributed by atoms with van der Waals surface area (Å²) >= 11 is 0. The van der Waals surface area contributed by atoms with E-state index in [-0.39, 0.29) is 55.0 Å². The van der Waals surface area contributed by atoms with Crippen LogP contribution in [0.25, 0.3) is 0 Å². The molecule has 1 aromatic rings. The molecule has 7 rings (SSSR count). The summed E-state index contributed by atoms with van der Waals surface area (Å²) in [7, 11) is 6.40. The number of carbonyl (C=O) groups is 3. The number of esters is 1. The van der Waals surface area contributed by atoms with Crippen LogP contribution in [-0.4, -0.2) is 116 Å². The number of benzene rings is 1. The average molecular weight is 672 g/mol. The highest BCUT2D eigenvalue weighted by Crippen LogP contribution is 2.80. The van der Waals surface area contributed by atoms with Crippen LogP contribution in [-0.2, 0) is 33.3 Å². The van der Waals surface area contributed by atoms with Gasteiger partial charge in [-0.1, -0.05) is 19.1 Å². The molecule has 0 aromatic heterocycles. The molecule has 1 unspecified atom stereocenters. The molecule has 0 radical (unpaired) electrons. The molecule has 1 heterocycles. The van der Waals surface area contributed by atoms with Crippen LogP contribution in [0.1, 0.15) is 49.4 Å². The predicted octanol–water partition coefficient (Wildman–Crippen LogP) is 0.736. The number of fused-ring (bicyclic) bond motifs is 2. The van der Waals surface area contributed by atoms with Gasteiger partial charge in [-0.2, -0.15) is 0 Å². The number of piperidine rings is 1. The maximum Gasteiger partial charge on any atom is 0.340 e. The minimum absolute atomic E-state index is 0.0685. The second kappa shape index (κ2) is 11.4. The van der Waals surface area contributed by atoms with Gasteiger partial charge in [0.05, 0.1) is 42.6 Å². The molecular weight excluding hydrogens is 622 g/mol. The van der Waals surface area contributed by atoms with Crippen LogP contribution < -0.4 is 11.5 Å². The molecular formula is C35H49N3O10. The fourth-order valence-electron chi connectivity index (χ4n) is 12.2. The number of likely N-dealkylation sites (tertiary alicyclic amines) is 1. The summed E-state index contributed by atoms with van der Waals surface area (Å²) in [6.07, 6.45) is -0.658. The van der Waals surface area contributed by atoms with Crippen LogP contribution >= 0.6 is 0 Å². The van der Waals surface area contributed by atoms with Gasteiger partial charge in [0.1, 0.15) is 11.2 Å². The van der Waals surface area contributed by atoms with Crippen molar-refractivity contribution >= 4 is 23.5 Å². The molecule has 6 N–H and O–H groups in total. The number of carbonyl (C=O) groups excluding carboxylic acids is 3. The molecule has 1 aromatic carbocycles. The van der Waals surface area contributed by atoms with Gasteiger partial charge in [-0.3, -0.25) is 9.59 Å². The van der Waals surface area contributed by atoms with E-state index < -0.39 is 82.1 Å². The van der Waals surface area contributed by atoms with Gasteiger partial charge in [0, 0.05) is 88.0 Å². The highest BCUT2D eigenvalue weighted by Gasteiger charge is 2.92. The van der Waals surface area contributed by atoms with Crippen LogP contribution in [0.15, 0.2) is 24.3 Å². The third kappa shape index (κ3) is 3.97. The van der Waals surface area contributed by atoms with Gasteiger partial charge in [-0.25, -0.2) is 4.79 Å². The van der Waals surface area contributed by atoms with E-state index in [1.807, 2.05) is 0 Å². The summed E-state index contributed by atoms with van der Waals surface area (Å²) in [5.41, 5.74) is 6.65. The predicted molar refractivity (Wildman–Crippen MR) is 170 cm³/mol. The van der Waals surface area contributed by atoms with Crippen LogP contribution in [0.4, 0.5) is 5.69 Å². The van der Waals surface area contributed by atoms with Crippen molar-refractivity contribution in [3.05, 3.63) is 29.8 Å². The number of amides is 2. The first kappa shape index (κ1) is 33.7. The van der Waals surface area contributed by atoms with Gasteiger partial charge in [-0.15, -0.1) is 0 Å². The number of methoxy groups -OCH3 is 4. The number of rotatable bonds is 10. The van der Waals surface area contributed by atoms with Crippen LogP contribution in [0.5, 0.6) is 0 Å². The smallest absolute Gasteiger partial charge is 0.340 e. The Morgan fingerprint density at radius 1 is 1.06 bits per heavy atom. The number of para-hydroxylation sites is 1. The number of hydrogen-bond acceptors (Lipinski definition) is 11. The first-order chi connectivity index (χ1) is 22.8. The van der Waals surface area contributed by atoms with E-state index >= 15 is 0 Å². The Bertz CT molecular complexity index is 1490. The first-order valence-electron chi connectivity index (χ1n) is 17.0. The molecule has 14 atom stereocenters. The molecule has 264 valence electrons. The zero-order valence-electron chi connectivity index (χ0n) is 28.3. The van der Waals surface area contributed by atoms with Gasteiger partial charge in [0.15, 0.2) is 0 Å². The number of nitrogens with two attached hydrogens (primary N) is 2. The minimum Gasteiger partial charge on any atom is -0.461 e. The summed E-state index contributed by atoms with van der Waals surface area (Å²) in [5.74, 6) is -3.71. The first-order valence-corrected chi connectivity index (χ1v) is 17.0. The highest BCUT2D eigenvalue weighted by molar-refractivity contribution is 5.95. The van der Waals surface area contributed by atoms with E-state index in [1.54, 1.807) is 57.4 Å². The standard InChI is InChI=1S/C35H49N3O10/c1-17(29(37)40)12-24(39)38-15-32(16-48-30(41)18-8-6-7-9-21(18)36)11-10-23(45-3)34-20-13-19-22(44-2)14-33(42,25(20)26(19)46-4)35(43,31(34)38)28(47-5)27(32)34/h6-9,17,19-20,22-23,25-28,31,42-43H,10-16,36H2,1-5H3,(H2,37,40)/t17?,19-,20-,22+,23+,25-,26+,27-,28+,31+,32+,33-,34+,35-/m1/s1. The van der Waals surface area contributed by atoms with E-state index in [0.29, 0.717) is 19.3 Å². The van der Waals surface area contributed by atoms with E-state index in [4.69, 9.17) is 35.2 Å². The molecule has 5 aliphatic carbocycles. The van der Waals surface area contributed by atoms with E-state index in [0.717, 1.165) is 0 Å². The van der Waals surface area contributed by atoms with Crippen molar-refractivity contribution in [2.24, 2.45) is 46.2 Å². The van der Waals surface area contributed by atoms with Crippen LogP contribution in [0.2, 0.25) is 0 Å². The lowest BCUT2D eigenvalue weighted by molar-refractivity contribution is -0.317. The molecule has 13 nitrogen and oxygen atoms in total. The van der Waals surface area contributed by atoms with Gasteiger partial charge in [0.25, 0.3) is 0 Å². The molecule has 7 bridgehead atoms. The number of aliphatic hydroxyl groups is 2. The summed E-state index contributed by atoms with van der Waals surface area (Å²) < 4.78 is 31.0. The molecule has 1 saturated heterocycles. The lowest BCUT2D eigenvalue weighted by Crippen LogP contribution is -2.82. The number of anilines is 1. The largest absolute Gasteiger partial charge is 0.461 e. The molecule has 48 heavy (non-hydrogen) atoms. The van der Waals surface area contributed by atoms with Crippen molar-refractivity contribution < 1.29 is 48.3 Å². The Morgan fingerprint density at radius 2 is 1.79 bits per heavy atom. The maximum absolute atomic E-state index is 14.6. The molecule has 1 aliphatic heterocycles. The van der Waals surface area contributed by atoms with Crippen LogP contribution in [0.3, 0.4) is 0 Å². The number of hydrogen-bond donors (Lipinski definition) is 4. The van der Waals surface area contributed by atoms with Gasteiger partial charge < -0.3 is 50.3 Å². The van der Waals surface area contributed by atoms with E-state index in [9.17, 15) is 24.6 Å². The highest BCUT2D eigenvalue weighted by atomic mass is 16.5. The van der Waals surface area contributed by atoms with Gasteiger partial charge in [0.2, 0.25) is 11.8 Å². The lowest BCUT2D eigenvalue weighted by atomic mass is 9.42. The summed E-state index contributed by atoms with van der Waals surface area (Å²) in [6, 6.07) is 5.74. The summed E-state index contributed by atoms with van der Waals surface area (Å²) in [6.45, 7) is 1.62. The van der Waals surface area contributed by atoms with Crippen molar-refractivity contribution in [1.29, 1.82) is 0 Å². The number of nitrogens with zero attached hydrogens (tertiary/aromatic N) is 1. The molecule has 2 amide bonds. The normalized spacial score (nSPS) is 45.5. The molecule has 13 heteroatoms. The van der Waals surface area contributed by atoms with Crippen molar-refractivity contribution in [2.45, 2.75) is 80.7 Å². The third-order valence-corrected chi connectivity index (χ3v) is 13.8. The quantitative estimate of drug-likeness (QED) is 0.203. The fraction of sp³-hybridized carbons (Fsp3) is 0.743. The molecule has 6 fully saturated rings. The van der Waals surface area contributed by atoms with Crippen LogP contribution in [0, 0.1) is 40.4 Å². The zero-order valence-corrected chi connectivity index (χ0v) is 28.3. The zero-order chi connectivity index (χ0) is 34.6. The van der Waals surface area contributed by atoms with Gasteiger partial charge >= 0.3 is 5.97 Å². The van der Waals surface area contributed by atoms with E-state index in [2.05, 4.69) is 0 Å². The Morgan fingerprint density at radius 3 is 2.42 bits per heavy atom. The van der Waals surface area contributed by atoms with E-state index in [1.165, 1.54) is 7.11 Å². The summed E-state index contributed by atoms with van der Waals surface area (Å²) in [5, 5.41) is 26.7. The minimum atomic E-state index is -2.00. The second-order valence-electron chi connectivity index (χ2n) is 15.3. The average Bonchev–Trinajstić information content (AvgIpc) is 3.48. The van der Waals surface area contributed by atoms with Crippen molar-refractivity contribution in [1.82, 2.24) is 4.90 Å². The number of nitrogen functional groups attached to an aromatic ring is 1. The SMILES string of the molecule is CO[C@H]1[C@@H]2C[C@@H]3[C@H]1[C@](O)(C[C@@H]2OC)[C@@]1(O)[C@@H](OC)[C@@H]2[C@@]4(COC(=O)c5ccccc5N)CC[C@H](OC)[C@@]32[C@@H]1N(C(=O)CC(C)C(N)=O)C4. The fourth-order valence-corrected chi connectivity index (χ4v) is 12.2. The topological polar surface area (TPSA) is 193 Å². The molecule has 5 saturated carbocycles. The van der Waals surface area contributed by atoms with Gasteiger partial charge in [-0.05, 0) is 37.3 Å². The summed E-state index contributed by atoms with van der Waals surface area (Å²) in [4.78, 5) is 41.9. The third-order valence-electron chi connectivity index (χ3n) is 13.8. The van der Waals surface area contributed by atoms with Crippen molar-refractivity contribution in [2.75, 3.05) is 47.3 Å². The second-order valence-corrected chi connectivity index (χ2v) is 15.3.